The minimum Gasteiger partial charge on any atom is -0.493 e. The van der Waals surface area contributed by atoms with E-state index in [1.165, 1.54) is 19.3 Å². The van der Waals surface area contributed by atoms with E-state index in [0.29, 0.717) is 12.0 Å². The predicted molar refractivity (Wildman–Crippen MR) is 83.6 cm³/mol. The molecule has 0 aromatic carbocycles. The van der Waals surface area contributed by atoms with Gasteiger partial charge in [-0.3, -0.25) is 9.88 Å². The molecule has 1 aromatic heterocycles. The van der Waals surface area contributed by atoms with E-state index >= 15 is 0 Å². The van der Waals surface area contributed by atoms with Crippen molar-refractivity contribution in [2.75, 3.05) is 27.3 Å². The lowest BCUT2D eigenvalue weighted by molar-refractivity contribution is 0.158. The first-order valence-electron chi connectivity index (χ1n) is 7.75. The third kappa shape index (κ3) is 3.47. The third-order valence-corrected chi connectivity index (χ3v) is 4.52. The topological polar surface area (TPSA) is 60.6 Å². The molecule has 2 atom stereocenters. The van der Waals surface area contributed by atoms with Crippen LogP contribution in [0.4, 0.5) is 0 Å². The molecule has 5 heteroatoms. The average molecular weight is 293 g/mol. The molecule has 1 aliphatic carbocycles. The quantitative estimate of drug-likeness (QED) is 0.833. The SMILES string of the molecule is CCN(Cc1nccc(OC)c1OC)C1CCCC1CN. The Hall–Kier alpha value is -1.33. The molecule has 1 aliphatic rings. The fourth-order valence-corrected chi connectivity index (χ4v) is 3.39. The molecule has 1 fully saturated rings. The summed E-state index contributed by atoms with van der Waals surface area (Å²) < 4.78 is 10.8. The summed E-state index contributed by atoms with van der Waals surface area (Å²) in [5, 5.41) is 0. The Balaban J connectivity index is 2.18. The number of hydrogen-bond acceptors (Lipinski definition) is 5. The van der Waals surface area contributed by atoms with Crippen LogP contribution in [0.15, 0.2) is 12.3 Å². The summed E-state index contributed by atoms with van der Waals surface area (Å²) in [5.41, 5.74) is 6.86. The minimum atomic E-state index is 0.553. The van der Waals surface area contributed by atoms with E-state index in [0.717, 1.165) is 36.8 Å². The van der Waals surface area contributed by atoms with Gasteiger partial charge in [-0.2, -0.15) is 0 Å². The van der Waals surface area contributed by atoms with E-state index in [2.05, 4.69) is 16.8 Å². The Morgan fingerprint density at radius 2 is 2.14 bits per heavy atom. The van der Waals surface area contributed by atoms with Crippen molar-refractivity contribution in [1.29, 1.82) is 0 Å². The van der Waals surface area contributed by atoms with Crippen LogP contribution in [0.2, 0.25) is 0 Å². The second-order valence-electron chi connectivity index (χ2n) is 5.55. The van der Waals surface area contributed by atoms with Crippen LogP contribution in [0, 0.1) is 5.92 Å². The Morgan fingerprint density at radius 1 is 1.33 bits per heavy atom. The van der Waals surface area contributed by atoms with Gasteiger partial charge in [0.05, 0.1) is 14.2 Å². The molecular formula is C16H27N3O2. The Morgan fingerprint density at radius 3 is 2.76 bits per heavy atom. The van der Waals surface area contributed by atoms with Gasteiger partial charge in [0.1, 0.15) is 5.69 Å². The Bertz CT molecular complexity index is 453. The maximum Gasteiger partial charge on any atom is 0.183 e. The van der Waals surface area contributed by atoms with E-state index < -0.39 is 0 Å². The van der Waals surface area contributed by atoms with Crippen LogP contribution in [0.3, 0.4) is 0 Å². The van der Waals surface area contributed by atoms with Crippen molar-refractivity contribution >= 4 is 0 Å². The lowest BCUT2D eigenvalue weighted by Crippen LogP contribution is -2.40. The van der Waals surface area contributed by atoms with Crippen LogP contribution in [-0.2, 0) is 6.54 Å². The maximum atomic E-state index is 5.92. The molecule has 1 saturated carbocycles. The highest BCUT2D eigenvalue weighted by Gasteiger charge is 2.31. The van der Waals surface area contributed by atoms with Gasteiger partial charge in [0.2, 0.25) is 0 Å². The van der Waals surface area contributed by atoms with E-state index in [4.69, 9.17) is 15.2 Å². The summed E-state index contributed by atoms with van der Waals surface area (Å²) in [6.07, 6.45) is 5.51. The molecular weight excluding hydrogens is 266 g/mol. The summed E-state index contributed by atoms with van der Waals surface area (Å²) >= 11 is 0. The largest absolute Gasteiger partial charge is 0.493 e. The molecule has 0 radical (unpaired) electrons. The van der Waals surface area contributed by atoms with E-state index in [9.17, 15) is 0 Å². The molecule has 1 aromatic rings. The van der Waals surface area contributed by atoms with Crippen LogP contribution in [0.1, 0.15) is 31.9 Å². The van der Waals surface area contributed by atoms with Crippen LogP contribution in [-0.4, -0.2) is 43.2 Å². The molecule has 118 valence electrons. The molecule has 0 bridgehead atoms. The standard InChI is InChI=1S/C16H27N3O2/c1-4-19(14-7-5-6-12(14)10-17)11-13-16(21-3)15(20-2)8-9-18-13/h8-9,12,14H,4-7,10-11,17H2,1-3H3. The zero-order valence-corrected chi connectivity index (χ0v) is 13.3. The highest BCUT2D eigenvalue weighted by atomic mass is 16.5. The molecule has 0 amide bonds. The Labute approximate surface area is 127 Å². The number of aromatic nitrogens is 1. The zero-order valence-electron chi connectivity index (χ0n) is 13.3. The Kier molecular flexibility index (Phi) is 5.82. The number of methoxy groups -OCH3 is 2. The van der Waals surface area contributed by atoms with Crippen molar-refractivity contribution in [2.45, 2.75) is 38.8 Å². The van der Waals surface area contributed by atoms with Gasteiger partial charge < -0.3 is 15.2 Å². The first-order chi connectivity index (χ1) is 10.2. The van der Waals surface area contributed by atoms with Gasteiger partial charge >= 0.3 is 0 Å². The van der Waals surface area contributed by atoms with Crippen molar-refractivity contribution in [3.63, 3.8) is 0 Å². The third-order valence-electron chi connectivity index (χ3n) is 4.52. The van der Waals surface area contributed by atoms with Gasteiger partial charge in [0.25, 0.3) is 0 Å². The van der Waals surface area contributed by atoms with Gasteiger partial charge in [0, 0.05) is 24.8 Å². The van der Waals surface area contributed by atoms with Crippen LogP contribution in [0.25, 0.3) is 0 Å². The summed E-state index contributed by atoms with van der Waals surface area (Å²) in [6.45, 7) is 4.73. The minimum absolute atomic E-state index is 0.553. The summed E-state index contributed by atoms with van der Waals surface area (Å²) in [6, 6.07) is 2.38. The molecule has 2 N–H and O–H groups in total. The molecule has 2 unspecified atom stereocenters. The zero-order chi connectivity index (χ0) is 15.2. The molecule has 0 saturated heterocycles. The summed E-state index contributed by atoms with van der Waals surface area (Å²) in [5.74, 6) is 2.07. The normalized spacial score (nSPS) is 21.8. The number of nitrogens with zero attached hydrogens (tertiary/aromatic N) is 2. The van der Waals surface area contributed by atoms with Crippen molar-refractivity contribution in [3.05, 3.63) is 18.0 Å². The van der Waals surface area contributed by atoms with Crippen molar-refractivity contribution in [1.82, 2.24) is 9.88 Å². The van der Waals surface area contributed by atoms with Crippen LogP contribution < -0.4 is 15.2 Å². The molecule has 2 rings (SSSR count). The smallest absolute Gasteiger partial charge is 0.183 e. The molecule has 0 spiro atoms. The van der Waals surface area contributed by atoms with Crippen molar-refractivity contribution in [2.24, 2.45) is 11.7 Å². The molecule has 21 heavy (non-hydrogen) atoms. The van der Waals surface area contributed by atoms with Crippen molar-refractivity contribution in [3.8, 4) is 11.5 Å². The molecule has 5 nitrogen and oxygen atoms in total. The number of nitrogens with two attached hydrogens (primary N) is 1. The summed E-state index contributed by atoms with van der Waals surface area (Å²) in [4.78, 5) is 6.96. The highest BCUT2D eigenvalue weighted by Crippen LogP contribution is 2.33. The maximum absolute atomic E-state index is 5.92. The van der Waals surface area contributed by atoms with Gasteiger partial charge in [-0.05, 0) is 31.8 Å². The highest BCUT2D eigenvalue weighted by molar-refractivity contribution is 5.42. The first kappa shape index (κ1) is 16.0. The van der Waals surface area contributed by atoms with E-state index in [-0.39, 0.29) is 0 Å². The number of pyridine rings is 1. The van der Waals surface area contributed by atoms with Crippen molar-refractivity contribution < 1.29 is 9.47 Å². The van der Waals surface area contributed by atoms with Gasteiger partial charge in [-0.15, -0.1) is 0 Å². The molecule has 0 aliphatic heterocycles. The first-order valence-corrected chi connectivity index (χ1v) is 7.75. The van der Waals surface area contributed by atoms with Crippen LogP contribution in [0.5, 0.6) is 11.5 Å². The monoisotopic (exact) mass is 293 g/mol. The second kappa shape index (κ2) is 7.61. The number of ether oxygens (including phenoxy) is 2. The van der Waals surface area contributed by atoms with E-state index in [1.807, 2.05) is 6.07 Å². The summed E-state index contributed by atoms with van der Waals surface area (Å²) in [7, 11) is 3.32. The molecule has 1 heterocycles. The van der Waals surface area contributed by atoms with E-state index in [1.54, 1.807) is 20.4 Å². The average Bonchev–Trinajstić information content (AvgIpc) is 3.00. The fourth-order valence-electron chi connectivity index (χ4n) is 3.39. The lowest BCUT2D eigenvalue weighted by Gasteiger charge is -2.31. The van der Waals surface area contributed by atoms with Gasteiger partial charge in [-0.25, -0.2) is 0 Å². The second-order valence-corrected chi connectivity index (χ2v) is 5.55. The van der Waals surface area contributed by atoms with Gasteiger partial charge in [0.15, 0.2) is 11.5 Å². The van der Waals surface area contributed by atoms with Gasteiger partial charge in [-0.1, -0.05) is 13.3 Å². The fraction of sp³-hybridized carbons (Fsp3) is 0.688. The number of hydrogen-bond donors (Lipinski definition) is 1. The lowest BCUT2D eigenvalue weighted by atomic mass is 10.0. The predicted octanol–water partition coefficient (Wildman–Crippen LogP) is 2.05. The number of rotatable bonds is 7. The van der Waals surface area contributed by atoms with Crippen LogP contribution >= 0.6 is 0 Å².